The monoisotopic (exact) mass is 415 g/mol. The van der Waals surface area contributed by atoms with E-state index in [0.717, 1.165) is 22.6 Å². The first-order chi connectivity index (χ1) is 14.6. The molecule has 1 atom stereocenters. The fraction of sp³-hybridized carbons (Fsp3) is 0.125. The summed E-state index contributed by atoms with van der Waals surface area (Å²) in [5, 5.41) is 2.92. The number of nitrogens with zero attached hydrogens (tertiary/aromatic N) is 2. The van der Waals surface area contributed by atoms with Gasteiger partial charge in [-0.3, -0.25) is 14.5 Å². The van der Waals surface area contributed by atoms with Crippen LogP contribution < -0.4 is 10.2 Å². The van der Waals surface area contributed by atoms with E-state index in [-0.39, 0.29) is 18.2 Å². The number of carbonyl (C=O) groups excluding carboxylic acids is 2. The largest absolute Gasteiger partial charge is 0.326 e. The summed E-state index contributed by atoms with van der Waals surface area (Å²) in [7, 11) is 0. The molecule has 1 heterocycles. The molecule has 1 fully saturated rings. The van der Waals surface area contributed by atoms with Crippen LogP contribution in [0.4, 0.5) is 17.1 Å². The molecule has 0 bridgehead atoms. The number of aryl methyl sites for hydroxylation is 1. The van der Waals surface area contributed by atoms with Gasteiger partial charge < -0.3 is 5.32 Å². The molecule has 0 saturated carbocycles. The summed E-state index contributed by atoms with van der Waals surface area (Å²) in [6, 6.07) is 26.5. The third-order valence-corrected chi connectivity index (χ3v) is 5.77. The molecule has 1 saturated heterocycles. The lowest BCUT2D eigenvalue weighted by Gasteiger charge is -2.16. The van der Waals surface area contributed by atoms with Crippen LogP contribution in [0.25, 0.3) is 0 Å². The lowest BCUT2D eigenvalue weighted by atomic mass is 10.2. The first-order valence-electron chi connectivity index (χ1n) is 9.66. The molecule has 30 heavy (non-hydrogen) atoms. The van der Waals surface area contributed by atoms with E-state index >= 15 is 0 Å². The van der Waals surface area contributed by atoms with Crippen molar-refractivity contribution in [1.82, 2.24) is 0 Å². The maximum absolute atomic E-state index is 13.2. The topological polar surface area (TPSA) is 61.8 Å². The van der Waals surface area contributed by atoms with Crippen LogP contribution in [0, 0.1) is 6.92 Å². The molecule has 3 aromatic rings. The molecule has 1 aliphatic heterocycles. The third kappa shape index (κ3) is 4.60. The summed E-state index contributed by atoms with van der Waals surface area (Å²) in [5.41, 5.74) is 3.35. The van der Waals surface area contributed by atoms with Crippen molar-refractivity contribution in [2.45, 2.75) is 18.6 Å². The molecule has 0 spiro atoms. The SMILES string of the molecule is Cc1ccc(NC(=O)CC2SC(=Nc3ccccc3)N(c3ccccc3)C2=O)cc1. The van der Waals surface area contributed by atoms with Gasteiger partial charge >= 0.3 is 0 Å². The van der Waals surface area contributed by atoms with Crippen molar-refractivity contribution >= 4 is 45.8 Å². The highest BCUT2D eigenvalue weighted by atomic mass is 32.2. The molecular formula is C24H21N3O2S. The quantitative estimate of drug-likeness (QED) is 0.626. The Labute approximate surface area is 179 Å². The Balaban J connectivity index is 1.56. The van der Waals surface area contributed by atoms with E-state index in [9.17, 15) is 9.59 Å². The lowest BCUT2D eigenvalue weighted by Crippen LogP contribution is -2.33. The van der Waals surface area contributed by atoms with Crippen molar-refractivity contribution in [3.8, 4) is 0 Å². The number of benzene rings is 3. The van der Waals surface area contributed by atoms with Gasteiger partial charge in [-0.2, -0.15) is 0 Å². The number of para-hydroxylation sites is 2. The average molecular weight is 416 g/mol. The van der Waals surface area contributed by atoms with Gasteiger partial charge in [0, 0.05) is 12.1 Å². The van der Waals surface area contributed by atoms with Gasteiger partial charge in [0.05, 0.1) is 11.4 Å². The molecule has 150 valence electrons. The molecular weight excluding hydrogens is 394 g/mol. The lowest BCUT2D eigenvalue weighted by molar-refractivity contribution is -0.121. The number of carbonyl (C=O) groups is 2. The van der Waals surface area contributed by atoms with Crippen LogP contribution in [0.15, 0.2) is 89.9 Å². The molecule has 0 radical (unpaired) electrons. The first-order valence-corrected chi connectivity index (χ1v) is 10.5. The van der Waals surface area contributed by atoms with Crippen LogP contribution in [0.3, 0.4) is 0 Å². The maximum atomic E-state index is 13.2. The summed E-state index contributed by atoms with van der Waals surface area (Å²) < 4.78 is 0. The standard InChI is InChI=1S/C24H21N3O2S/c1-17-12-14-19(15-13-17)25-22(28)16-21-23(29)27(20-10-6-3-7-11-20)24(30-21)26-18-8-4-2-5-9-18/h2-15,21H,16H2,1H3,(H,25,28). The molecule has 0 aliphatic carbocycles. The van der Waals surface area contributed by atoms with Crippen LogP contribution in [-0.4, -0.2) is 22.2 Å². The number of nitrogens with one attached hydrogen (secondary N) is 1. The molecule has 4 rings (SSSR count). The summed E-state index contributed by atoms with van der Waals surface area (Å²) >= 11 is 1.32. The van der Waals surface area contributed by atoms with Crippen LogP contribution >= 0.6 is 11.8 Å². The van der Waals surface area contributed by atoms with E-state index < -0.39 is 5.25 Å². The Morgan fingerprint density at radius 2 is 1.60 bits per heavy atom. The Kier molecular flexibility index (Phi) is 5.95. The van der Waals surface area contributed by atoms with Crippen LogP contribution in [0.5, 0.6) is 0 Å². The Hall–Kier alpha value is -3.38. The van der Waals surface area contributed by atoms with Crippen LogP contribution in [0.2, 0.25) is 0 Å². The minimum Gasteiger partial charge on any atom is -0.326 e. The highest BCUT2D eigenvalue weighted by Crippen LogP contribution is 2.35. The summed E-state index contributed by atoms with van der Waals surface area (Å²) in [6.07, 6.45) is 0.0779. The molecule has 1 unspecified atom stereocenters. The van der Waals surface area contributed by atoms with E-state index in [4.69, 9.17) is 0 Å². The number of hydrogen-bond donors (Lipinski definition) is 1. The van der Waals surface area contributed by atoms with Gasteiger partial charge in [0.2, 0.25) is 11.8 Å². The zero-order valence-electron chi connectivity index (χ0n) is 16.5. The molecule has 1 aliphatic rings. The van der Waals surface area contributed by atoms with Crippen molar-refractivity contribution in [2.24, 2.45) is 4.99 Å². The number of hydrogen-bond acceptors (Lipinski definition) is 4. The summed E-state index contributed by atoms with van der Waals surface area (Å²) in [6.45, 7) is 1.99. The summed E-state index contributed by atoms with van der Waals surface area (Å²) in [5.74, 6) is -0.335. The van der Waals surface area contributed by atoms with E-state index in [1.54, 1.807) is 4.90 Å². The minimum absolute atomic E-state index is 0.0779. The molecule has 3 aromatic carbocycles. The number of rotatable bonds is 5. The number of aliphatic imine (C=N–C) groups is 1. The van der Waals surface area contributed by atoms with Crippen molar-refractivity contribution in [1.29, 1.82) is 0 Å². The second-order valence-corrected chi connectivity index (χ2v) is 8.13. The number of thioether (sulfide) groups is 1. The number of amidine groups is 1. The van der Waals surface area contributed by atoms with Crippen molar-refractivity contribution in [3.05, 3.63) is 90.5 Å². The Morgan fingerprint density at radius 1 is 0.967 bits per heavy atom. The van der Waals surface area contributed by atoms with Crippen LogP contribution in [-0.2, 0) is 9.59 Å². The van der Waals surface area contributed by atoms with Crippen molar-refractivity contribution in [2.75, 3.05) is 10.2 Å². The Morgan fingerprint density at radius 3 is 2.27 bits per heavy atom. The maximum Gasteiger partial charge on any atom is 0.247 e. The second kappa shape index (κ2) is 8.97. The fourth-order valence-corrected chi connectivity index (χ4v) is 4.27. The second-order valence-electron chi connectivity index (χ2n) is 6.96. The molecule has 0 aromatic heterocycles. The van der Waals surface area contributed by atoms with E-state index in [0.29, 0.717) is 5.17 Å². The van der Waals surface area contributed by atoms with Gasteiger partial charge in [-0.25, -0.2) is 4.99 Å². The smallest absolute Gasteiger partial charge is 0.247 e. The van der Waals surface area contributed by atoms with Gasteiger partial charge in [0.25, 0.3) is 0 Å². The van der Waals surface area contributed by atoms with E-state index in [1.165, 1.54) is 11.8 Å². The highest BCUT2D eigenvalue weighted by Gasteiger charge is 2.40. The molecule has 6 heteroatoms. The van der Waals surface area contributed by atoms with Gasteiger partial charge in [-0.05, 0) is 43.3 Å². The van der Waals surface area contributed by atoms with Gasteiger partial charge in [0.15, 0.2) is 5.17 Å². The minimum atomic E-state index is -0.530. The zero-order chi connectivity index (χ0) is 20.9. The van der Waals surface area contributed by atoms with Crippen LogP contribution in [0.1, 0.15) is 12.0 Å². The van der Waals surface area contributed by atoms with E-state index in [2.05, 4.69) is 10.3 Å². The van der Waals surface area contributed by atoms with Gasteiger partial charge in [0.1, 0.15) is 5.25 Å². The number of anilines is 2. The molecule has 5 nitrogen and oxygen atoms in total. The Bertz CT molecular complexity index is 1070. The normalized spacial score (nSPS) is 17.4. The first kappa shape index (κ1) is 19.9. The predicted molar refractivity (Wildman–Crippen MR) is 123 cm³/mol. The average Bonchev–Trinajstić information content (AvgIpc) is 3.05. The predicted octanol–water partition coefficient (Wildman–Crippen LogP) is 5.16. The van der Waals surface area contributed by atoms with Crippen molar-refractivity contribution < 1.29 is 9.59 Å². The van der Waals surface area contributed by atoms with Gasteiger partial charge in [-0.1, -0.05) is 65.9 Å². The van der Waals surface area contributed by atoms with Gasteiger partial charge in [-0.15, -0.1) is 0 Å². The molecule has 1 N–H and O–H groups in total. The summed E-state index contributed by atoms with van der Waals surface area (Å²) in [4.78, 5) is 32.0. The third-order valence-electron chi connectivity index (χ3n) is 4.64. The van der Waals surface area contributed by atoms with Crippen molar-refractivity contribution in [3.63, 3.8) is 0 Å². The zero-order valence-corrected chi connectivity index (χ0v) is 17.3. The van der Waals surface area contributed by atoms with E-state index in [1.807, 2.05) is 91.9 Å². The number of amides is 2. The molecule has 2 amide bonds. The highest BCUT2D eigenvalue weighted by molar-refractivity contribution is 8.16. The fourth-order valence-electron chi connectivity index (χ4n) is 3.12.